The van der Waals surface area contributed by atoms with Gasteiger partial charge in [0.1, 0.15) is 17.8 Å². The van der Waals surface area contributed by atoms with Crippen LogP contribution >= 0.6 is 11.6 Å². The Bertz CT molecular complexity index is 662. The number of carboxylic acids is 1. The van der Waals surface area contributed by atoms with Gasteiger partial charge in [-0.2, -0.15) is 0 Å². The number of ether oxygens (including phenoxy) is 1. The van der Waals surface area contributed by atoms with E-state index >= 15 is 0 Å². The summed E-state index contributed by atoms with van der Waals surface area (Å²) in [7, 11) is 0. The van der Waals surface area contributed by atoms with Crippen molar-refractivity contribution in [1.29, 1.82) is 0 Å². The van der Waals surface area contributed by atoms with E-state index < -0.39 is 18.1 Å². The molecule has 1 aromatic carbocycles. The Hall–Kier alpha value is -2.60. The normalized spacial score (nSPS) is 11.5. The Kier molecular flexibility index (Phi) is 5.94. The number of pyridine rings is 1. The molecule has 2 aromatic rings. The minimum atomic E-state index is -1.16. The van der Waals surface area contributed by atoms with Crippen molar-refractivity contribution in [1.82, 2.24) is 10.3 Å². The molecular weight excluding hydrogens is 320 g/mol. The van der Waals surface area contributed by atoms with Crippen LogP contribution in [0, 0.1) is 0 Å². The van der Waals surface area contributed by atoms with Gasteiger partial charge >= 0.3 is 12.1 Å². The van der Waals surface area contributed by atoms with E-state index in [4.69, 9.17) is 16.3 Å². The zero-order valence-electron chi connectivity index (χ0n) is 12.1. The zero-order chi connectivity index (χ0) is 16.7. The second-order valence-corrected chi connectivity index (χ2v) is 5.18. The van der Waals surface area contributed by atoms with Gasteiger partial charge in [-0.05, 0) is 17.2 Å². The van der Waals surface area contributed by atoms with E-state index in [1.807, 2.05) is 18.2 Å². The van der Waals surface area contributed by atoms with Crippen molar-refractivity contribution in [3.8, 4) is 0 Å². The molecule has 0 saturated carbocycles. The lowest BCUT2D eigenvalue weighted by Gasteiger charge is -2.14. The molecular formula is C16H15ClN2O4. The maximum Gasteiger partial charge on any atom is 0.408 e. The average Bonchev–Trinajstić information content (AvgIpc) is 2.55. The van der Waals surface area contributed by atoms with Crippen molar-refractivity contribution in [3.63, 3.8) is 0 Å². The van der Waals surface area contributed by atoms with Crippen molar-refractivity contribution in [2.75, 3.05) is 0 Å². The number of aliphatic carboxylic acids is 1. The standard InChI is InChI=1S/C16H15ClN2O4/c17-14-7-6-12(9-18-14)8-13(15(20)21)19-16(22)23-10-11-4-2-1-3-5-11/h1-7,9,13H,8,10H2,(H,19,22)(H,20,21). The Morgan fingerprint density at radius 2 is 1.91 bits per heavy atom. The zero-order valence-corrected chi connectivity index (χ0v) is 12.9. The van der Waals surface area contributed by atoms with Crippen LogP contribution in [0.15, 0.2) is 48.7 Å². The number of carbonyl (C=O) groups excluding carboxylic acids is 1. The number of carboxylic acid groups (broad SMARTS) is 1. The van der Waals surface area contributed by atoms with E-state index in [0.29, 0.717) is 10.7 Å². The number of nitrogens with zero attached hydrogens (tertiary/aromatic N) is 1. The molecule has 0 radical (unpaired) electrons. The molecule has 0 bridgehead atoms. The molecule has 0 spiro atoms. The fourth-order valence-electron chi connectivity index (χ4n) is 1.87. The lowest BCUT2D eigenvalue weighted by atomic mass is 10.1. The molecule has 1 heterocycles. The molecule has 1 aromatic heterocycles. The molecule has 2 N–H and O–H groups in total. The monoisotopic (exact) mass is 334 g/mol. The molecule has 0 saturated heterocycles. The van der Waals surface area contributed by atoms with E-state index in [-0.39, 0.29) is 13.0 Å². The Labute approximate surface area is 138 Å². The smallest absolute Gasteiger partial charge is 0.408 e. The average molecular weight is 335 g/mol. The minimum Gasteiger partial charge on any atom is -0.480 e. The highest BCUT2D eigenvalue weighted by Gasteiger charge is 2.21. The largest absolute Gasteiger partial charge is 0.480 e. The summed E-state index contributed by atoms with van der Waals surface area (Å²) in [6.07, 6.45) is 0.762. The van der Waals surface area contributed by atoms with Crippen molar-refractivity contribution >= 4 is 23.7 Å². The predicted octanol–water partition coefficient (Wildman–Crippen LogP) is 2.66. The van der Waals surface area contributed by atoms with E-state index in [0.717, 1.165) is 5.56 Å². The summed E-state index contributed by atoms with van der Waals surface area (Å²) in [6.45, 7) is 0.0709. The molecule has 1 unspecified atom stereocenters. The van der Waals surface area contributed by atoms with Gasteiger partial charge in [-0.3, -0.25) is 0 Å². The van der Waals surface area contributed by atoms with Crippen molar-refractivity contribution < 1.29 is 19.4 Å². The van der Waals surface area contributed by atoms with Crippen LogP contribution in [0.2, 0.25) is 5.15 Å². The summed E-state index contributed by atoms with van der Waals surface area (Å²) in [5.41, 5.74) is 1.46. The Morgan fingerprint density at radius 1 is 1.17 bits per heavy atom. The third-order valence-corrected chi connectivity index (χ3v) is 3.25. The van der Waals surface area contributed by atoms with Crippen LogP contribution in [-0.4, -0.2) is 28.2 Å². The number of alkyl carbamates (subject to hydrolysis) is 1. The highest BCUT2D eigenvalue weighted by atomic mass is 35.5. The number of halogens is 1. The van der Waals surface area contributed by atoms with Crippen LogP contribution in [0.25, 0.3) is 0 Å². The SMILES string of the molecule is O=C(NC(Cc1ccc(Cl)nc1)C(=O)O)OCc1ccccc1. The minimum absolute atomic E-state index is 0.0709. The summed E-state index contributed by atoms with van der Waals surface area (Å²) < 4.78 is 5.02. The van der Waals surface area contributed by atoms with E-state index in [2.05, 4.69) is 10.3 Å². The van der Waals surface area contributed by atoms with Crippen molar-refractivity contribution in [2.45, 2.75) is 19.1 Å². The van der Waals surface area contributed by atoms with Gasteiger partial charge in [0.25, 0.3) is 0 Å². The summed E-state index contributed by atoms with van der Waals surface area (Å²) in [5.74, 6) is -1.16. The molecule has 0 fully saturated rings. The van der Waals surface area contributed by atoms with Gasteiger partial charge in [0.15, 0.2) is 0 Å². The molecule has 7 heteroatoms. The first-order valence-electron chi connectivity index (χ1n) is 6.85. The third-order valence-electron chi connectivity index (χ3n) is 3.03. The van der Waals surface area contributed by atoms with Crippen LogP contribution in [0.1, 0.15) is 11.1 Å². The van der Waals surface area contributed by atoms with Crippen LogP contribution in [0.5, 0.6) is 0 Å². The number of rotatable bonds is 6. The first-order valence-corrected chi connectivity index (χ1v) is 7.23. The van der Waals surface area contributed by atoms with Crippen LogP contribution < -0.4 is 5.32 Å². The molecule has 1 amide bonds. The van der Waals surface area contributed by atoms with Gasteiger partial charge in [0.05, 0.1) is 0 Å². The van der Waals surface area contributed by atoms with Gasteiger partial charge in [0, 0.05) is 12.6 Å². The summed E-state index contributed by atoms with van der Waals surface area (Å²) in [5, 5.41) is 11.9. The molecule has 120 valence electrons. The van der Waals surface area contributed by atoms with E-state index in [9.17, 15) is 14.7 Å². The maximum atomic E-state index is 11.7. The lowest BCUT2D eigenvalue weighted by Crippen LogP contribution is -2.42. The fourth-order valence-corrected chi connectivity index (χ4v) is 1.98. The molecule has 23 heavy (non-hydrogen) atoms. The lowest BCUT2D eigenvalue weighted by molar-refractivity contribution is -0.139. The van der Waals surface area contributed by atoms with Crippen LogP contribution in [0.3, 0.4) is 0 Å². The quantitative estimate of drug-likeness (QED) is 0.793. The van der Waals surface area contributed by atoms with Crippen LogP contribution in [-0.2, 0) is 22.6 Å². The highest BCUT2D eigenvalue weighted by molar-refractivity contribution is 6.29. The Morgan fingerprint density at radius 3 is 2.52 bits per heavy atom. The fraction of sp³-hybridized carbons (Fsp3) is 0.188. The number of hydrogen-bond acceptors (Lipinski definition) is 4. The molecule has 1 atom stereocenters. The second-order valence-electron chi connectivity index (χ2n) is 4.79. The highest BCUT2D eigenvalue weighted by Crippen LogP contribution is 2.08. The summed E-state index contributed by atoms with van der Waals surface area (Å²) in [6, 6.07) is 11.2. The number of amides is 1. The predicted molar refractivity (Wildman–Crippen MR) is 84.1 cm³/mol. The van der Waals surface area contributed by atoms with Crippen molar-refractivity contribution in [3.05, 3.63) is 64.9 Å². The summed E-state index contributed by atoms with van der Waals surface area (Å²) in [4.78, 5) is 26.9. The number of benzene rings is 1. The van der Waals surface area contributed by atoms with Gasteiger partial charge in [-0.15, -0.1) is 0 Å². The first kappa shape index (κ1) is 16.8. The summed E-state index contributed by atoms with van der Waals surface area (Å²) >= 11 is 5.68. The second kappa shape index (κ2) is 8.14. The van der Waals surface area contributed by atoms with E-state index in [1.54, 1.807) is 24.3 Å². The third kappa shape index (κ3) is 5.60. The first-order chi connectivity index (χ1) is 11.0. The molecule has 0 aliphatic carbocycles. The van der Waals surface area contributed by atoms with E-state index in [1.165, 1.54) is 6.20 Å². The molecule has 0 aliphatic heterocycles. The van der Waals surface area contributed by atoms with Gasteiger partial charge in [-0.25, -0.2) is 14.6 Å². The number of nitrogens with one attached hydrogen (secondary N) is 1. The van der Waals surface area contributed by atoms with Gasteiger partial charge in [-0.1, -0.05) is 48.0 Å². The van der Waals surface area contributed by atoms with Crippen LogP contribution in [0.4, 0.5) is 4.79 Å². The number of hydrogen-bond donors (Lipinski definition) is 2. The topological polar surface area (TPSA) is 88.5 Å². The molecule has 0 aliphatic rings. The number of aromatic nitrogens is 1. The molecule has 6 nitrogen and oxygen atoms in total. The molecule has 2 rings (SSSR count). The van der Waals surface area contributed by atoms with Crippen molar-refractivity contribution in [2.24, 2.45) is 0 Å². The van der Waals surface area contributed by atoms with Gasteiger partial charge < -0.3 is 15.2 Å². The maximum absolute atomic E-state index is 11.7. The van der Waals surface area contributed by atoms with Gasteiger partial charge in [0.2, 0.25) is 0 Å². The Balaban J connectivity index is 1.89. The number of carbonyl (C=O) groups is 2.